The lowest BCUT2D eigenvalue weighted by Crippen LogP contribution is -2.04. The largest absolute Gasteiger partial charge is 0.282 e. The summed E-state index contributed by atoms with van der Waals surface area (Å²) in [5, 5.41) is 7.36. The minimum atomic E-state index is 0.192. The fraction of sp³-hybridized carbons (Fsp3) is 0.625. The number of rotatable bonds is 0. The molecule has 0 spiro atoms. The zero-order valence-electron chi connectivity index (χ0n) is 6.52. The second-order valence-corrected chi connectivity index (χ2v) is 3.60. The summed E-state index contributed by atoms with van der Waals surface area (Å²) in [5.74, 6) is 0. The first-order valence-electron chi connectivity index (χ1n) is 3.97. The lowest BCUT2D eigenvalue weighted by Gasteiger charge is -2.15. The van der Waals surface area contributed by atoms with Crippen LogP contribution in [0.2, 0.25) is 0 Å². The van der Waals surface area contributed by atoms with Crippen LogP contribution in [-0.4, -0.2) is 10.2 Å². The van der Waals surface area contributed by atoms with Crippen molar-refractivity contribution in [2.24, 2.45) is 0 Å². The van der Waals surface area contributed by atoms with E-state index in [1.807, 2.05) is 6.92 Å². The number of hydrogen-bond donors (Lipinski definition) is 1. The normalized spacial score (nSPS) is 23.3. The van der Waals surface area contributed by atoms with Crippen LogP contribution in [0.5, 0.6) is 0 Å². The van der Waals surface area contributed by atoms with Crippen LogP contribution >= 0.6 is 11.6 Å². The third-order valence-corrected chi connectivity index (χ3v) is 2.69. The number of nitrogens with zero attached hydrogens (tertiary/aromatic N) is 1. The molecule has 11 heavy (non-hydrogen) atoms. The summed E-state index contributed by atoms with van der Waals surface area (Å²) in [6.07, 6.45) is 3.35. The van der Waals surface area contributed by atoms with Crippen LogP contribution in [0.15, 0.2) is 0 Å². The lowest BCUT2D eigenvalue weighted by molar-refractivity contribution is 0.657. The van der Waals surface area contributed by atoms with E-state index < -0.39 is 0 Å². The van der Waals surface area contributed by atoms with Crippen LogP contribution in [-0.2, 0) is 6.42 Å². The van der Waals surface area contributed by atoms with Gasteiger partial charge in [0, 0.05) is 11.3 Å². The monoisotopic (exact) mass is 170 g/mol. The second kappa shape index (κ2) is 2.52. The third kappa shape index (κ3) is 1.06. The molecule has 1 aliphatic rings. The van der Waals surface area contributed by atoms with Gasteiger partial charge in [0.05, 0.1) is 11.1 Å². The van der Waals surface area contributed by atoms with Crippen LogP contribution in [0.25, 0.3) is 0 Å². The third-order valence-electron chi connectivity index (χ3n) is 2.26. The maximum Gasteiger partial charge on any atom is 0.0671 e. The van der Waals surface area contributed by atoms with Gasteiger partial charge in [0.15, 0.2) is 0 Å². The van der Waals surface area contributed by atoms with Crippen molar-refractivity contribution in [1.82, 2.24) is 10.2 Å². The Hall–Kier alpha value is -0.500. The summed E-state index contributed by atoms with van der Waals surface area (Å²) >= 11 is 6.13. The molecule has 3 heteroatoms. The maximum atomic E-state index is 6.13. The minimum absolute atomic E-state index is 0.192. The molecule has 1 aromatic rings. The molecule has 0 saturated carbocycles. The predicted octanol–water partition coefficient (Wildman–Crippen LogP) is 2.33. The van der Waals surface area contributed by atoms with Gasteiger partial charge in [-0.15, -0.1) is 11.6 Å². The standard InChI is InChI=1S/C8H11ClN2/c1-5-8-6(9)3-2-4-7(8)11-10-5/h6H,2-4H2,1H3,(H,10,11). The van der Waals surface area contributed by atoms with Gasteiger partial charge in [0.2, 0.25) is 0 Å². The maximum absolute atomic E-state index is 6.13. The predicted molar refractivity (Wildman–Crippen MR) is 44.9 cm³/mol. The molecule has 2 nitrogen and oxygen atoms in total. The van der Waals surface area contributed by atoms with Crippen LogP contribution in [0.1, 0.15) is 35.2 Å². The lowest BCUT2D eigenvalue weighted by atomic mass is 9.96. The van der Waals surface area contributed by atoms with Gasteiger partial charge in [-0.25, -0.2) is 0 Å². The van der Waals surface area contributed by atoms with E-state index in [0.717, 1.165) is 18.5 Å². The van der Waals surface area contributed by atoms with E-state index in [4.69, 9.17) is 11.6 Å². The molecule has 1 unspecified atom stereocenters. The summed E-state index contributed by atoms with van der Waals surface area (Å²) < 4.78 is 0. The number of halogens is 1. The van der Waals surface area contributed by atoms with Gasteiger partial charge < -0.3 is 0 Å². The van der Waals surface area contributed by atoms with E-state index in [9.17, 15) is 0 Å². The number of H-pyrrole nitrogens is 1. The molecule has 1 atom stereocenters. The first-order chi connectivity index (χ1) is 5.29. The Morgan fingerprint density at radius 2 is 2.45 bits per heavy atom. The highest BCUT2D eigenvalue weighted by atomic mass is 35.5. The number of fused-ring (bicyclic) bond motifs is 1. The second-order valence-electron chi connectivity index (χ2n) is 3.07. The van der Waals surface area contributed by atoms with Gasteiger partial charge in [0.25, 0.3) is 0 Å². The molecule has 0 radical (unpaired) electrons. The number of hydrogen-bond acceptors (Lipinski definition) is 1. The minimum Gasteiger partial charge on any atom is -0.282 e. The molecule has 1 N–H and O–H groups in total. The van der Waals surface area contributed by atoms with Crippen LogP contribution in [0.4, 0.5) is 0 Å². The molecule has 0 fully saturated rings. The molecule has 1 aromatic heterocycles. The molecule has 1 heterocycles. The summed E-state index contributed by atoms with van der Waals surface area (Å²) in [4.78, 5) is 0. The zero-order valence-corrected chi connectivity index (χ0v) is 7.28. The van der Waals surface area contributed by atoms with Crippen molar-refractivity contribution in [1.29, 1.82) is 0 Å². The Morgan fingerprint density at radius 3 is 3.18 bits per heavy atom. The number of alkyl halides is 1. The van der Waals surface area contributed by atoms with E-state index in [-0.39, 0.29) is 5.38 Å². The van der Waals surface area contributed by atoms with Crippen molar-refractivity contribution in [2.75, 3.05) is 0 Å². The van der Waals surface area contributed by atoms with E-state index in [1.165, 1.54) is 17.7 Å². The topological polar surface area (TPSA) is 28.7 Å². The van der Waals surface area contributed by atoms with E-state index in [1.54, 1.807) is 0 Å². The van der Waals surface area contributed by atoms with Crippen LogP contribution < -0.4 is 0 Å². The molecular weight excluding hydrogens is 160 g/mol. The molecule has 0 saturated heterocycles. The number of aryl methyl sites for hydroxylation is 2. The van der Waals surface area contributed by atoms with Gasteiger partial charge in [-0.3, -0.25) is 5.10 Å². The van der Waals surface area contributed by atoms with Gasteiger partial charge in [-0.05, 0) is 26.2 Å². The average Bonchev–Trinajstić information content (AvgIpc) is 2.34. The summed E-state index contributed by atoms with van der Waals surface area (Å²) in [6, 6.07) is 0. The van der Waals surface area contributed by atoms with Gasteiger partial charge in [-0.2, -0.15) is 5.10 Å². The average molecular weight is 171 g/mol. The number of aromatic nitrogens is 2. The Labute approximate surface area is 71.0 Å². The SMILES string of the molecule is Cc1[nH]nc2c1C(Cl)CCC2. The number of nitrogens with one attached hydrogen (secondary N) is 1. The fourth-order valence-corrected chi connectivity index (χ4v) is 2.13. The van der Waals surface area contributed by atoms with Crippen molar-refractivity contribution >= 4 is 11.6 Å². The first-order valence-corrected chi connectivity index (χ1v) is 4.40. The van der Waals surface area contributed by atoms with Crippen LogP contribution in [0.3, 0.4) is 0 Å². The van der Waals surface area contributed by atoms with Crippen molar-refractivity contribution in [3.63, 3.8) is 0 Å². The Balaban J connectivity index is 2.48. The number of aromatic amines is 1. The van der Waals surface area contributed by atoms with Crippen LogP contribution in [0, 0.1) is 6.92 Å². The van der Waals surface area contributed by atoms with Crippen molar-refractivity contribution in [3.8, 4) is 0 Å². The molecule has 1 aliphatic carbocycles. The van der Waals surface area contributed by atoms with E-state index >= 15 is 0 Å². The Morgan fingerprint density at radius 1 is 1.64 bits per heavy atom. The molecule has 60 valence electrons. The van der Waals surface area contributed by atoms with Crippen molar-refractivity contribution in [3.05, 3.63) is 17.0 Å². The van der Waals surface area contributed by atoms with Gasteiger partial charge in [-0.1, -0.05) is 0 Å². The summed E-state index contributed by atoms with van der Waals surface area (Å²) in [7, 11) is 0. The molecule has 0 amide bonds. The van der Waals surface area contributed by atoms with Gasteiger partial charge >= 0.3 is 0 Å². The van der Waals surface area contributed by atoms with E-state index in [0.29, 0.717) is 0 Å². The van der Waals surface area contributed by atoms with Crippen molar-refractivity contribution < 1.29 is 0 Å². The summed E-state index contributed by atoms with van der Waals surface area (Å²) in [5.41, 5.74) is 3.56. The highest BCUT2D eigenvalue weighted by Crippen LogP contribution is 2.34. The molecule has 0 aliphatic heterocycles. The Kier molecular flexibility index (Phi) is 1.64. The molecule has 0 bridgehead atoms. The van der Waals surface area contributed by atoms with Gasteiger partial charge in [0.1, 0.15) is 0 Å². The van der Waals surface area contributed by atoms with Crippen molar-refractivity contribution in [2.45, 2.75) is 31.6 Å². The quantitative estimate of drug-likeness (QED) is 0.595. The first kappa shape index (κ1) is 7.17. The van der Waals surface area contributed by atoms with E-state index in [2.05, 4.69) is 10.2 Å². The fourth-order valence-electron chi connectivity index (χ4n) is 1.69. The smallest absolute Gasteiger partial charge is 0.0671 e. The zero-order chi connectivity index (χ0) is 7.84. The summed E-state index contributed by atoms with van der Waals surface area (Å²) in [6.45, 7) is 2.03. The molecule has 0 aromatic carbocycles. The highest BCUT2D eigenvalue weighted by Gasteiger charge is 2.22. The molecule has 2 rings (SSSR count). The Bertz CT molecular complexity index is 267. The highest BCUT2D eigenvalue weighted by molar-refractivity contribution is 6.21. The molecular formula is C8H11ClN2.